The number of nitrogens with one attached hydrogen (secondary N) is 2. The number of carbonyl (C=O) groups excluding carboxylic acids is 1. The minimum absolute atomic E-state index is 0.176. The number of aliphatic hydroxyl groups is 1. The number of halogens is 2. The Bertz CT molecular complexity index is 1610. The predicted octanol–water partition coefficient (Wildman–Crippen LogP) is 18.4. The van der Waals surface area contributed by atoms with Gasteiger partial charge in [0.05, 0.1) is 12.7 Å². The highest BCUT2D eigenvalue weighted by Crippen LogP contribution is 2.40. The average molecular weight is 1210 g/mol. The van der Waals surface area contributed by atoms with Crippen molar-refractivity contribution in [1.82, 2.24) is 9.97 Å². The van der Waals surface area contributed by atoms with E-state index in [9.17, 15) is 4.79 Å². The Labute approximate surface area is 466 Å². The molecule has 72 heavy (non-hydrogen) atoms. The van der Waals surface area contributed by atoms with E-state index in [1.807, 2.05) is 12.4 Å². The third kappa shape index (κ3) is 31.5. The minimum Gasteiger partial charge on any atom is -0.417 e. The molecule has 0 bridgehead atoms. The van der Waals surface area contributed by atoms with Crippen LogP contribution in [0.4, 0.5) is 0 Å². The van der Waals surface area contributed by atoms with E-state index in [0.29, 0.717) is 22.2 Å². The van der Waals surface area contributed by atoms with Gasteiger partial charge in [0, 0.05) is 78.6 Å². The van der Waals surface area contributed by atoms with E-state index in [4.69, 9.17) is 28.1 Å². The van der Waals surface area contributed by atoms with Gasteiger partial charge in [0.2, 0.25) is 0 Å². The molecule has 0 spiro atoms. The van der Waals surface area contributed by atoms with E-state index in [-0.39, 0.29) is 33.6 Å². The maximum atomic E-state index is 10.8. The summed E-state index contributed by atoms with van der Waals surface area (Å²) >= 11 is 6.36. The van der Waals surface area contributed by atoms with Crippen LogP contribution in [0.25, 0.3) is 0 Å². The van der Waals surface area contributed by atoms with E-state index in [1.54, 1.807) is 0 Å². The molecule has 0 aliphatic rings. The third-order valence-electron chi connectivity index (χ3n) is 15.4. The molecule has 2 heterocycles. The molecule has 0 fully saturated rings. The van der Waals surface area contributed by atoms with Crippen molar-refractivity contribution in [3.63, 3.8) is 0 Å². The number of aldehydes is 1. The Hall–Kier alpha value is -0.652. The average Bonchev–Trinajstić information content (AvgIpc) is 4.01. The van der Waals surface area contributed by atoms with E-state index in [2.05, 4.69) is 228 Å². The molecule has 2 aromatic heterocycles. The Kier molecular flexibility index (Phi) is 39.1. The molecule has 0 saturated heterocycles. The monoisotopic (exact) mass is 1210 g/mol. The lowest BCUT2D eigenvalue weighted by atomic mass is 9.82. The molecular formula is C57H115Br2N3O6Si4. The van der Waals surface area contributed by atoms with Crippen LogP contribution in [0.2, 0.25) is 72.5 Å². The first-order valence-corrected chi connectivity index (χ1v) is 41.2. The first-order valence-electron chi connectivity index (χ1n) is 27.4. The van der Waals surface area contributed by atoms with Crippen LogP contribution in [0.5, 0.6) is 0 Å². The minimum atomic E-state index is -1.68. The quantitative estimate of drug-likeness (QED) is 0.0486. The predicted molar refractivity (Wildman–Crippen MR) is 331 cm³/mol. The van der Waals surface area contributed by atoms with Crippen LogP contribution in [0.15, 0.2) is 36.7 Å². The zero-order valence-electron chi connectivity index (χ0n) is 50.9. The van der Waals surface area contributed by atoms with E-state index < -0.39 is 33.3 Å². The number of carbonyl (C=O) groups is 1. The Balaban J connectivity index is -0.000000895. The molecule has 0 aliphatic carbocycles. The fourth-order valence-electron chi connectivity index (χ4n) is 6.42. The number of aromatic amines is 2. The Morgan fingerprint density at radius 2 is 0.917 bits per heavy atom. The molecule has 3 unspecified atom stereocenters. The zero-order valence-corrected chi connectivity index (χ0v) is 58.0. The summed E-state index contributed by atoms with van der Waals surface area (Å²) in [6.07, 6.45) is 14.6. The van der Waals surface area contributed by atoms with Crippen LogP contribution < -0.4 is 0 Å². The number of nitriles is 1. The Morgan fingerprint density at radius 1 is 0.569 bits per heavy atom. The van der Waals surface area contributed by atoms with Crippen molar-refractivity contribution in [3.8, 4) is 6.07 Å². The van der Waals surface area contributed by atoms with Crippen LogP contribution in [0, 0.1) is 29.1 Å². The van der Waals surface area contributed by atoms with Crippen molar-refractivity contribution in [2.45, 2.75) is 240 Å². The first-order chi connectivity index (χ1) is 33.0. The van der Waals surface area contributed by atoms with Gasteiger partial charge in [0.25, 0.3) is 0 Å². The Morgan fingerprint density at radius 3 is 1.19 bits per heavy atom. The van der Waals surface area contributed by atoms with Crippen LogP contribution in [0.1, 0.15) is 179 Å². The molecule has 0 radical (unpaired) electrons. The number of hydrogen-bond donors (Lipinski definition) is 3. The fourth-order valence-corrected chi connectivity index (χ4v) is 11.1. The molecule has 0 aliphatic heterocycles. The molecule has 0 saturated carbocycles. The van der Waals surface area contributed by atoms with Gasteiger partial charge >= 0.3 is 0 Å². The fraction of sp³-hybridized carbons (Fsp3) is 0.825. The third-order valence-corrected chi connectivity index (χ3v) is 34.2. The molecule has 15 heteroatoms. The van der Waals surface area contributed by atoms with Crippen LogP contribution in [-0.4, -0.2) is 98.3 Å². The summed E-state index contributed by atoms with van der Waals surface area (Å²) in [7, 11) is -6.37. The summed E-state index contributed by atoms with van der Waals surface area (Å²) in [5.74, 6) is 1.32. The lowest BCUT2D eigenvalue weighted by molar-refractivity contribution is -0.111. The van der Waals surface area contributed by atoms with Gasteiger partial charge in [-0.1, -0.05) is 155 Å². The number of alkyl halides is 2. The highest BCUT2D eigenvalue weighted by Gasteiger charge is 2.40. The molecule has 2 aromatic rings. The lowest BCUT2D eigenvalue weighted by Gasteiger charge is -2.37. The molecule has 3 atom stereocenters. The zero-order chi connectivity index (χ0) is 56.7. The van der Waals surface area contributed by atoms with Gasteiger partial charge in [0.1, 0.15) is 6.29 Å². The van der Waals surface area contributed by atoms with Gasteiger partial charge in [-0.15, -0.1) is 0 Å². The summed E-state index contributed by atoms with van der Waals surface area (Å²) in [5.41, 5.74) is 2.60. The summed E-state index contributed by atoms with van der Waals surface area (Å²) < 4.78 is 24.4. The largest absolute Gasteiger partial charge is 0.417 e. The van der Waals surface area contributed by atoms with Crippen molar-refractivity contribution in [2.24, 2.45) is 17.8 Å². The van der Waals surface area contributed by atoms with Gasteiger partial charge in [-0.25, -0.2) is 0 Å². The second-order valence-corrected chi connectivity index (χ2v) is 46.3. The van der Waals surface area contributed by atoms with Crippen molar-refractivity contribution < 1.29 is 27.6 Å². The topological polar surface area (TPSA) is 130 Å². The number of rotatable bonds is 26. The van der Waals surface area contributed by atoms with Crippen molar-refractivity contribution in [1.29, 1.82) is 5.26 Å². The summed E-state index contributed by atoms with van der Waals surface area (Å²) in [6, 6.07) is 11.0. The van der Waals surface area contributed by atoms with Crippen molar-refractivity contribution in [3.05, 3.63) is 48.0 Å². The maximum absolute atomic E-state index is 10.8. The smallest absolute Gasteiger partial charge is 0.192 e. The number of aromatic nitrogens is 2. The second-order valence-electron chi connectivity index (χ2n) is 25.5. The number of aliphatic hydroxyl groups excluding tert-OH is 1. The summed E-state index contributed by atoms with van der Waals surface area (Å²) in [5, 5.41) is 19.5. The van der Waals surface area contributed by atoms with Crippen molar-refractivity contribution in [2.75, 3.05) is 43.7 Å². The summed E-state index contributed by atoms with van der Waals surface area (Å²) in [6.45, 7) is 55.3. The lowest BCUT2D eigenvalue weighted by Crippen LogP contribution is -2.41. The van der Waals surface area contributed by atoms with Gasteiger partial charge in [-0.3, -0.25) is 0 Å². The molecule has 9 nitrogen and oxygen atoms in total. The normalized spacial score (nSPS) is 14.0. The molecule has 2 rings (SSSR count). The number of H-pyrrole nitrogens is 2. The molecule has 0 amide bonds. The first kappa shape index (κ1) is 75.6. The molecular weight excluding hydrogens is 1090 g/mol. The highest BCUT2D eigenvalue weighted by molar-refractivity contribution is 9.09. The van der Waals surface area contributed by atoms with Crippen LogP contribution in [-0.2, 0) is 22.5 Å². The van der Waals surface area contributed by atoms with Crippen molar-refractivity contribution >= 4 is 71.4 Å². The van der Waals surface area contributed by atoms with Gasteiger partial charge in [-0.05, 0) is 141 Å². The van der Waals surface area contributed by atoms with E-state index >= 15 is 0 Å². The van der Waals surface area contributed by atoms with E-state index in [1.165, 1.54) is 24.2 Å². The van der Waals surface area contributed by atoms with Gasteiger partial charge < -0.3 is 37.6 Å². The highest BCUT2D eigenvalue weighted by atomic mass is 79.9. The van der Waals surface area contributed by atoms with E-state index in [0.717, 1.165) is 83.0 Å². The maximum Gasteiger partial charge on any atom is 0.192 e. The molecule has 424 valence electrons. The van der Waals surface area contributed by atoms with Gasteiger partial charge in [-0.2, -0.15) is 5.26 Å². The number of nitrogens with zero attached hydrogens (tertiary/aromatic N) is 1. The van der Waals surface area contributed by atoms with Gasteiger partial charge in [0.15, 0.2) is 33.3 Å². The standard InChI is InChI=1S/C21H36N2OSi.C13H27NOSi.C13H28O2Si.C8H19BrOSi.C2H5BrO/c1-7-10-17(13-16-24-25(5,6)21(2,3)4)20(18-11-8-14-22-18)19-12-9-15-23-19;2*1-7-8-12(11-14)9-10-15-16(5,6)13(2,3)4;1-8(2,3)11(4,5)10-7-6-9;3-1-2-4/h8-9,11-12,14-15,17,20,22-23H,7,10,13,16H2,1-6H3;12H,7-10H2,1-6H3;11-12H,7-10H2,1-6H3;6-7H2,1-5H3;4H,1-2H2. The van der Waals surface area contributed by atoms with Crippen LogP contribution in [0.3, 0.4) is 0 Å². The SMILES string of the molecule is CC(C)(C)[Si](C)(C)OCCBr.CCCC(C#N)CCO[Si](C)(C)C(C)(C)C.CCCC(C=O)CCO[Si](C)(C)C(C)(C)C.CCCC(CCO[Si](C)(C)C(C)(C)C)C(c1ccc[nH]1)c1ccc[nH]1.OCCBr. The second kappa shape index (κ2) is 37.2. The molecule has 3 N–H and O–H groups in total. The van der Waals surface area contributed by atoms with Crippen LogP contribution >= 0.6 is 31.9 Å². The molecule has 0 aromatic carbocycles. The number of hydrogen-bond acceptors (Lipinski definition) is 7. The summed E-state index contributed by atoms with van der Waals surface area (Å²) in [4.78, 5) is 17.7.